The highest BCUT2D eigenvalue weighted by Gasteiger charge is 2.28. The molecule has 1 saturated carbocycles. The maximum atomic E-state index is 12.5. The quantitative estimate of drug-likeness (QED) is 0.752. The van der Waals surface area contributed by atoms with E-state index in [9.17, 15) is 9.59 Å². The van der Waals surface area contributed by atoms with E-state index in [4.69, 9.17) is 10.5 Å². The number of carbonyl (C=O) groups excluding carboxylic acids is 2. The van der Waals surface area contributed by atoms with Gasteiger partial charge >= 0.3 is 5.97 Å². The zero-order chi connectivity index (χ0) is 17.5. The van der Waals surface area contributed by atoms with E-state index in [2.05, 4.69) is 5.32 Å². The van der Waals surface area contributed by atoms with Crippen molar-refractivity contribution in [3.05, 3.63) is 35.4 Å². The number of hydrogen-bond donors (Lipinski definition) is 2. The van der Waals surface area contributed by atoms with Crippen molar-refractivity contribution in [3.8, 4) is 0 Å². The van der Waals surface area contributed by atoms with Gasteiger partial charge in [-0.05, 0) is 43.7 Å². The van der Waals surface area contributed by atoms with Crippen LogP contribution in [0, 0.1) is 12.8 Å². The Morgan fingerprint density at radius 2 is 2.08 bits per heavy atom. The minimum Gasteiger partial charge on any atom is -0.466 e. The highest BCUT2D eigenvalue weighted by atomic mass is 16.5. The molecule has 1 aromatic carbocycles. The number of esters is 1. The first-order valence-electron chi connectivity index (χ1n) is 8.77. The summed E-state index contributed by atoms with van der Waals surface area (Å²) in [7, 11) is 0. The molecule has 1 aromatic rings. The monoisotopic (exact) mass is 332 g/mol. The number of carbonyl (C=O) groups is 2. The van der Waals surface area contributed by atoms with Crippen LogP contribution in [-0.2, 0) is 14.3 Å². The summed E-state index contributed by atoms with van der Waals surface area (Å²) < 4.78 is 5.06. The van der Waals surface area contributed by atoms with Crippen LogP contribution in [0.1, 0.15) is 56.2 Å². The second kappa shape index (κ2) is 8.83. The lowest BCUT2D eigenvalue weighted by atomic mass is 9.96. The molecule has 3 N–H and O–H groups in total. The minimum absolute atomic E-state index is 0.0464. The van der Waals surface area contributed by atoms with Gasteiger partial charge in [0.1, 0.15) is 0 Å². The smallest absolute Gasteiger partial charge is 0.308 e. The fourth-order valence-corrected chi connectivity index (χ4v) is 3.41. The van der Waals surface area contributed by atoms with Crippen molar-refractivity contribution in [2.24, 2.45) is 11.7 Å². The van der Waals surface area contributed by atoms with Crippen LogP contribution in [0.4, 0.5) is 0 Å². The van der Waals surface area contributed by atoms with Crippen molar-refractivity contribution in [2.75, 3.05) is 6.61 Å². The molecule has 2 rings (SSSR count). The fraction of sp³-hybridized carbons (Fsp3) is 0.579. The average molecular weight is 332 g/mol. The van der Waals surface area contributed by atoms with E-state index in [1.54, 1.807) is 6.92 Å². The van der Waals surface area contributed by atoms with Crippen LogP contribution in [-0.4, -0.2) is 24.5 Å². The van der Waals surface area contributed by atoms with Gasteiger partial charge < -0.3 is 15.8 Å². The van der Waals surface area contributed by atoms with Gasteiger partial charge in [-0.3, -0.25) is 9.59 Å². The van der Waals surface area contributed by atoms with E-state index in [-0.39, 0.29) is 36.3 Å². The van der Waals surface area contributed by atoms with Crippen molar-refractivity contribution in [2.45, 2.75) is 58.0 Å². The van der Waals surface area contributed by atoms with Crippen molar-refractivity contribution in [1.82, 2.24) is 5.32 Å². The highest BCUT2D eigenvalue weighted by Crippen LogP contribution is 2.28. The first-order valence-corrected chi connectivity index (χ1v) is 8.77. The van der Waals surface area contributed by atoms with Gasteiger partial charge in [0.2, 0.25) is 5.91 Å². The van der Waals surface area contributed by atoms with Crippen LogP contribution in [0.15, 0.2) is 24.3 Å². The van der Waals surface area contributed by atoms with Crippen molar-refractivity contribution in [3.63, 3.8) is 0 Å². The molecule has 1 amide bonds. The number of nitrogens with two attached hydrogens (primary N) is 1. The zero-order valence-corrected chi connectivity index (χ0v) is 14.6. The van der Waals surface area contributed by atoms with E-state index >= 15 is 0 Å². The third-order valence-electron chi connectivity index (χ3n) is 4.74. The molecule has 1 unspecified atom stereocenters. The maximum absolute atomic E-state index is 12.5. The molecule has 0 heterocycles. The van der Waals surface area contributed by atoms with Gasteiger partial charge in [0, 0.05) is 12.5 Å². The molecule has 0 aromatic heterocycles. The number of benzene rings is 1. The number of aryl methyl sites for hydroxylation is 1. The summed E-state index contributed by atoms with van der Waals surface area (Å²) in [5.41, 5.74) is 8.06. The zero-order valence-electron chi connectivity index (χ0n) is 14.6. The largest absolute Gasteiger partial charge is 0.466 e. The van der Waals surface area contributed by atoms with E-state index in [0.29, 0.717) is 13.0 Å². The number of hydrogen-bond acceptors (Lipinski definition) is 4. The Morgan fingerprint density at radius 3 is 2.71 bits per heavy atom. The standard InChI is InChI=1S/C19H28N2O3/c1-3-24-19(23)12-17(15-9-5-4-7-13(15)2)21-18(22)11-14-8-6-10-16(14)20/h4-5,7,9,14,16-17H,3,6,8,10-12,20H2,1-2H3,(H,21,22)/t14-,16+,17?/m0/s1. The number of ether oxygens (including phenoxy) is 1. The first-order chi connectivity index (χ1) is 11.5. The Balaban J connectivity index is 2.06. The highest BCUT2D eigenvalue weighted by molar-refractivity contribution is 5.78. The van der Waals surface area contributed by atoms with Crippen molar-refractivity contribution < 1.29 is 14.3 Å². The van der Waals surface area contributed by atoms with Gasteiger partial charge in [-0.1, -0.05) is 30.7 Å². The predicted molar refractivity (Wildman–Crippen MR) is 93.2 cm³/mol. The molecule has 0 bridgehead atoms. The molecular weight excluding hydrogens is 304 g/mol. The molecular formula is C19H28N2O3. The second-order valence-corrected chi connectivity index (χ2v) is 6.54. The number of rotatable bonds is 7. The molecule has 132 valence electrons. The summed E-state index contributed by atoms with van der Waals surface area (Å²) in [6.45, 7) is 4.09. The maximum Gasteiger partial charge on any atom is 0.308 e. The Labute approximate surface area is 143 Å². The summed E-state index contributed by atoms with van der Waals surface area (Å²) >= 11 is 0. The van der Waals surface area contributed by atoms with Gasteiger partial charge in [-0.15, -0.1) is 0 Å². The summed E-state index contributed by atoms with van der Waals surface area (Å²) in [5, 5.41) is 3.02. The molecule has 3 atom stereocenters. The first kappa shape index (κ1) is 18.5. The van der Waals surface area contributed by atoms with Gasteiger partial charge in [0.05, 0.1) is 19.1 Å². The third kappa shape index (κ3) is 5.06. The normalized spacial score (nSPS) is 21.3. The Hall–Kier alpha value is -1.88. The summed E-state index contributed by atoms with van der Waals surface area (Å²) in [6, 6.07) is 7.53. The van der Waals surface area contributed by atoms with Crippen molar-refractivity contribution >= 4 is 11.9 Å². The molecule has 0 radical (unpaired) electrons. The Morgan fingerprint density at radius 1 is 1.33 bits per heavy atom. The van der Waals surface area contributed by atoms with E-state index in [1.165, 1.54) is 0 Å². The van der Waals surface area contributed by atoms with Crippen molar-refractivity contribution in [1.29, 1.82) is 0 Å². The van der Waals surface area contributed by atoms with Crippen LogP contribution in [0.3, 0.4) is 0 Å². The lowest BCUT2D eigenvalue weighted by Crippen LogP contribution is -2.35. The van der Waals surface area contributed by atoms with Crippen LogP contribution < -0.4 is 11.1 Å². The van der Waals surface area contributed by atoms with Gasteiger partial charge in [0.15, 0.2) is 0 Å². The molecule has 5 nitrogen and oxygen atoms in total. The van der Waals surface area contributed by atoms with Crippen LogP contribution in [0.25, 0.3) is 0 Å². The summed E-state index contributed by atoms with van der Waals surface area (Å²) in [6.07, 6.45) is 3.64. The lowest BCUT2D eigenvalue weighted by Gasteiger charge is -2.22. The number of amides is 1. The molecule has 0 saturated heterocycles. The number of nitrogens with one attached hydrogen (secondary N) is 1. The molecule has 24 heavy (non-hydrogen) atoms. The molecule has 0 spiro atoms. The van der Waals surface area contributed by atoms with E-state index < -0.39 is 0 Å². The van der Waals surface area contributed by atoms with Crippen LogP contribution in [0.5, 0.6) is 0 Å². The topological polar surface area (TPSA) is 81.4 Å². The van der Waals surface area contributed by atoms with Gasteiger partial charge in [0.25, 0.3) is 0 Å². The lowest BCUT2D eigenvalue weighted by molar-refractivity contribution is -0.143. The Bertz CT molecular complexity index is 573. The van der Waals surface area contributed by atoms with E-state index in [1.807, 2.05) is 31.2 Å². The Kier molecular flexibility index (Phi) is 6.79. The molecule has 1 aliphatic carbocycles. The molecule has 1 fully saturated rings. The minimum atomic E-state index is -0.365. The third-order valence-corrected chi connectivity index (χ3v) is 4.74. The second-order valence-electron chi connectivity index (χ2n) is 6.54. The van der Waals surface area contributed by atoms with Gasteiger partial charge in [-0.25, -0.2) is 0 Å². The predicted octanol–water partition coefficient (Wildman–Crippen LogP) is 2.62. The molecule has 0 aliphatic heterocycles. The SMILES string of the molecule is CCOC(=O)CC(NC(=O)C[C@@H]1CCC[C@H]1N)c1ccccc1C. The summed E-state index contributed by atoms with van der Waals surface area (Å²) in [4.78, 5) is 24.4. The molecule has 1 aliphatic rings. The fourth-order valence-electron chi connectivity index (χ4n) is 3.41. The average Bonchev–Trinajstić information content (AvgIpc) is 2.92. The van der Waals surface area contributed by atoms with E-state index in [0.717, 1.165) is 30.4 Å². The molecule has 5 heteroatoms. The van der Waals surface area contributed by atoms with Gasteiger partial charge in [-0.2, -0.15) is 0 Å². The van der Waals surface area contributed by atoms with Crippen LogP contribution >= 0.6 is 0 Å². The van der Waals surface area contributed by atoms with Crippen LogP contribution in [0.2, 0.25) is 0 Å². The summed E-state index contributed by atoms with van der Waals surface area (Å²) in [5.74, 6) is -0.108.